The van der Waals surface area contributed by atoms with Crippen molar-refractivity contribution in [1.82, 2.24) is 0 Å². The largest absolute Gasteiger partial charge is 0.391 e. The van der Waals surface area contributed by atoms with Crippen molar-refractivity contribution in [3.05, 3.63) is 29.3 Å². The van der Waals surface area contributed by atoms with E-state index in [2.05, 4.69) is 5.32 Å². The highest BCUT2D eigenvalue weighted by Gasteiger charge is 2.23. The minimum atomic E-state index is -0.278. The number of hydrogen-bond donors (Lipinski definition) is 3. The van der Waals surface area contributed by atoms with Crippen LogP contribution in [0.4, 0.5) is 5.69 Å². The van der Waals surface area contributed by atoms with Crippen molar-refractivity contribution < 1.29 is 5.11 Å². The van der Waals surface area contributed by atoms with Gasteiger partial charge in [0.2, 0.25) is 0 Å². The molecule has 0 radical (unpaired) electrons. The summed E-state index contributed by atoms with van der Waals surface area (Å²) in [7, 11) is 0. The molecule has 1 saturated carbocycles. The van der Waals surface area contributed by atoms with E-state index < -0.39 is 0 Å². The van der Waals surface area contributed by atoms with Crippen molar-refractivity contribution in [2.24, 2.45) is 5.73 Å². The molecule has 2 atom stereocenters. The molecule has 4 N–H and O–H groups in total. The molecule has 0 spiro atoms. The van der Waals surface area contributed by atoms with Crippen LogP contribution in [-0.2, 0) is 0 Å². The van der Waals surface area contributed by atoms with E-state index in [9.17, 15) is 5.11 Å². The van der Waals surface area contributed by atoms with Gasteiger partial charge >= 0.3 is 0 Å². The fourth-order valence-corrected chi connectivity index (χ4v) is 2.64. The molecule has 98 valence electrons. The summed E-state index contributed by atoms with van der Waals surface area (Å²) in [5.74, 6) is 0. The van der Waals surface area contributed by atoms with Crippen LogP contribution in [-0.4, -0.2) is 22.2 Å². The summed E-state index contributed by atoms with van der Waals surface area (Å²) in [6.07, 6.45) is 3.84. The summed E-state index contributed by atoms with van der Waals surface area (Å²) >= 11 is 5.08. The normalized spacial score (nSPS) is 23.7. The lowest BCUT2D eigenvalue weighted by molar-refractivity contribution is 0.116. The zero-order chi connectivity index (χ0) is 13.1. The first-order chi connectivity index (χ1) is 8.58. The molecule has 1 aliphatic rings. The van der Waals surface area contributed by atoms with Gasteiger partial charge in [-0.3, -0.25) is 0 Å². The Morgan fingerprint density at radius 2 is 2.11 bits per heavy atom. The molecular weight excluding hydrogens is 244 g/mol. The molecule has 0 aromatic heterocycles. The average Bonchev–Trinajstić information content (AvgIpc) is 2.34. The van der Waals surface area contributed by atoms with Gasteiger partial charge in [0.15, 0.2) is 0 Å². The molecule has 1 fully saturated rings. The van der Waals surface area contributed by atoms with Crippen LogP contribution in [0.3, 0.4) is 0 Å². The third-order valence-corrected chi connectivity index (χ3v) is 3.73. The monoisotopic (exact) mass is 264 g/mol. The third kappa shape index (κ3) is 3.00. The van der Waals surface area contributed by atoms with Crippen LogP contribution in [0.15, 0.2) is 18.2 Å². The Balaban J connectivity index is 2.20. The Morgan fingerprint density at radius 1 is 1.39 bits per heavy atom. The lowest BCUT2D eigenvalue weighted by Gasteiger charge is -2.30. The summed E-state index contributed by atoms with van der Waals surface area (Å²) in [5, 5.41) is 13.4. The van der Waals surface area contributed by atoms with Gasteiger partial charge in [0.25, 0.3) is 0 Å². The van der Waals surface area contributed by atoms with Gasteiger partial charge in [0, 0.05) is 11.3 Å². The van der Waals surface area contributed by atoms with E-state index in [4.69, 9.17) is 18.0 Å². The molecule has 1 aliphatic carbocycles. The number of nitrogens with one attached hydrogen (secondary N) is 1. The van der Waals surface area contributed by atoms with Crippen LogP contribution >= 0.6 is 12.2 Å². The van der Waals surface area contributed by atoms with Crippen molar-refractivity contribution in [3.8, 4) is 0 Å². The quantitative estimate of drug-likeness (QED) is 0.734. The Bertz CT molecular complexity index is 447. The maximum atomic E-state index is 9.99. The molecule has 4 heteroatoms. The average molecular weight is 264 g/mol. The molecule has 0 saturated heterocycles. The number of nitrogens with two attached hydrogens (primary N) is 1. The standard InChI is InChI=1S/C14H20N2OS/c1-9-6-7-11(10(8-9)14(15)18)16-12-4-2-3-5-13(12)17/h6-8,12-13,16-17H,2-5H2,1H3,(H2,15,18). The van der Waals surface area contributed by atoms with Crippen LogP contribution in [0.1, 0.15) is 36.8 Å². The van der Waals surface area contributed by atoms with Gasteiger partial charge in [0.05, 0.1) is 12.1 Å². The first-order valence-electron chi connectivity index (χ1n) is 6.43. The van der Waals surface area contributed by atoms with E-state index in [0.717, 1.165) is 42.5 Å². The number of hydrogen-bond acceptors (Lipinski definition) is 3. The van der Waals surface area contributed by atoms with Crippen LogP contribution in [0, 0.1) is 6.92 Å². The molecule has 1 aromatic carbocycles. The number of aliphatic hydroxyl groups excluding tert-OH is 1. The number of benzene rings is 1. The summed E-state index contributed by atoms with van der Waals surface area (Å²) in [6.45, 7) is 2.01. The summed E-state index contributed by atoms with van der Waals surface area (Å²) in [4.78, 5) is 0.395. The van der Waals surface area contributed by atoms with E-state index in [0.29, 0.717) is 4.99 Å². The highest BCUT2D eigenvalue weighted by Crippen LogP contribution is 2.25. The van der Waals surface area contributed by atoms with Crippen molar-refractivity contribution in [2.45, 2.75) is 44.8 Å². The van der Waals surface area contributed by atoms with E-state index in [-0.39, 0.29) is 12.1 Å². The number of anilines is 1. The number of rotatable bonds is 3. The highest BCUT2D eigenvalue weighted by molar-refractivity contribution is 7.80. The van der Waals surface area contributed by atoms with E-state index in [1.54, 1.807) is 0 Å². The predicted octanol–water partition coefficient (Wildman–Crippen LogP) is 2.34. The molecule has 1 aromatic rings. The second-order valence-electron chi connectivity index (χ2n) is 5.02. The first kappa shape index (κ1) is 13.3. The topological polar surface area (TPSA) is 58.3 Å². The fourth-order valence-electron chi connectivity index (χ4n) is 2.47. The lowest BCUT2D eigenvalue weighted by atomic mass is 9.92. The van der Waals surface area contributed by atoms with Crippen LogP contribution in [0.5, 0.6) is 0 Å². The zero-order valence-electron chi connectivity index (χ0n) is 10.6. The Morgan fingerprint density at radius 3 is 2.78 bits per heavy atom. The van der Waals surface area contributed by atoms with Gasteiger partial charge in [-0.15, -0.1) is 0 Å². The van der Waals surface area contributed by atoms with Gasteiger partial charge in [0.1, 0.15) is 4.99 Å². The number of aliphatic hydroxyl groups is 1. The van der Waals surface area contributed by atoms with Crippen molar-refractivity contribution in [1.29, 1.82) is 0 Å². The second-order valence-corrected chi connectivity index (χ2v) is 5.46. The molecule has 0 amide bonds. The van der Waals surface area contributed by atoms with Crippen molar-refractivity contribution in [3.63, 3.8) is 0 Å². The lowest BCUT2D eigenvalue weighted by Crippen LogP contribution is -2.36. The summed E-state index contributed by atoms with van der Waals surface area (Å²) in [6, 6.07) is 6.11. The SMILES string of the molecule is Cc1ccc(NC2CCCCC2O)c(C(N)=S)c1. The van der Waals surface area contributed by atoms with Crippen LogP contribution < -0.4 is 11.1 Å². The van der Waals surface area contributed by atoms with Crippen LogP contribution in [0.2, 0.25) is 0 Å². The third-order valence-electron chi connectivity index (χ3n) is 3.51. The number of aryl methyl sites for hydroxylation is 1. The van der Waals surface area contributed by atoms with Crippen LogP contribution in [0.25, 0.3) is 0 Å². The second kappa shape index (κ2) is 5.67. The first-order valence-corrected chi connectivity index (χ1v) is 6.84. The van der Waals surface area contributed by atoms with Gasteiger partial charge in [-0.2, -0.15) is 0 Å². The summed E-state index contributed by atoms with van der Waals surface area (Å²) < 4.78 is 0. The molecule has 2 unspecified atom stereocenters. The molecule has 0 bridgehead atoms. The van der Waals surface area contributed by atoms with Crippen molar-refractivity contribution >= 4 is 22.9 Å². The van der Waals surface area contributed by atoms with Gasteiger partial charge in [-0.05, 0) is 31.9 Å². The van der Waals surface area contributed by atoms with E-state index in [1.165, 1.54) is 0 Å². The minimum Gasteiger partial charge on any atom is -0.391 e. The molecule has 0 heterocycles. The molecule has 3 nitrogen and oxygen atoms in total. The maximum Gasteiger partial charge on any atom is 0.106 e. The number of thiocarbonyl (C=S) groups is 1. The highest BCUT2D eigenvalue weighted by atomic mass is 32.1. The molecule has 2 rings (SSSR count). The zero-order valence-corrected chi connectivity index (χ0v) is 11.5. The Labute approximate surface area is 113 Å². The maximum absolute atomic E-state index is 9.99. The minimum absolute atomic E-state index is 0.106. The molecular formula is C14H20N2OS. The van der Waals surface area contributed by atoms with Gasteiger partial charge in [-0.1, -0.05) is 36.7 Å². The van der Waals surface area contributed by atoms with Crippen molar-refractivity contribution in [2.75, 3.05) is 5.32 Å². The van der Waals surface area contributed by atoms with E-state index in [1.807, 2.05) is 25.1 Å². The summed E-state index contributed by atoms with van der Waals surface area (Å²) in [5.41, 5.74) is 8.68. The Hall–Kier alpha value is -1.13. The predicted molar refractivity (Wildman–Crippen MR) is 79.0 cm³/mol. The van der Waals surface area contributed by atoms with Gasteiger partial charge < -0.3 is 16.2 Å². The van der Waals surface area contributed by atoms with E-state index >= 15 is 0 Å². The Kier molecular flexibility index (Phi) is 4.19. The smallest absolute Gasteiger partial charge is 0.106 e. The molecule has 0 aliphatic heterocycles. The van der Waals surface area contributed by atoms with Gasteiger partial charge in [-0.25, -0.2) is 0 Å². The molecule has 18 heavy (non-hydrogen) atoms. The fraction of sp³-hybridized carbons (Fsp3) is 0.500.